The number of nitrogens with one attached hydrogen (secondary N) is 1. The van der Waals surface area contributed by atoms with Crippen LogP contribution in [-0.4, -0.2) is 47.4 Å². The van der Waals surface area contributed by atoms with Gasteiger partial charge in [-0.15, -0.1) is 0 Å². The van der Waals surface area contributed by atoms with Gasteiger partial charge >= 0.3 is 5.97 Å². The van der Waals surface area contributed by atoms with E-state index in [0.717, 1.165) is 38.5 Å². The molecule has 0 radical (unpaired) electrons. The van der Waals surface area contributed by atoms with Crippen LogP contribution < -0.4 is 5.32 Å². The Morgan fingerprint density at radius 1 is 0.342 bits per heavy atom. The van der Waals surface area contributed by atoms with Crippen LogP contribution in [0.25, 0.3) is 0 Å². The second-order valence-electron chi connectivity index (χ2n) is 25.3. The number of unbranched alkanes of at least 4 members (excludes halogenated alkanes) is 58. The Morgan fingerprint density at radius 3 is 0.861 bits per heavy atom. The number of ether oxygens (including phenoxy) is 1. The third kappa shape index (κ3) is 65.6. The minimum atomic E-state index is -0.845. The molecule has 0 fully saturated rings. The van der Waals surface area contributed by atoms with Crippen molar-refractivity contribution < 1.29 is 24.5 Å². The number of aliphatic hydroxyl groups is 2. The Balaban J connectivity index is 3.38. The van der Waals surface area contributed by atoms with Crippen molar-refractivity contribution in [2.24, 2.45) is 0 Å². The number of allylic oxidation sites excluding steroid dienone is 1. The Kier molecular flexibility index (Phi) is 67.9. The molecule has 79 heavy (non-hydrogen) atoms. The zero-order valence-corrected chi connectivity index (χ0v) is 53.9. The first-order chi connectivity index (χ1) is 39.0. The maximum atomic E-state index is 12.5. The molecule has 1 amide bonds. The van der Waals surface area contributed by atoms with Gasteiger partial charge < -0.3 is 20.3 Å². The Labute approximate surface area is 495 Å². The van der Waals surface area contributed by atoms with E-state index >= 15 is 0 Å². The fourth-order valence-corrected chi connectivity index (χ4v) is 11.8. The lowest BCUT2D eigenvalue weighted by molar-refractivity contribution is -0.143. The molecule has 0 aliphatic rings. The van der Waals surface area contributed by atoms with Crippen molar-refractivity contribution in [3.05, 3.63) is 12.2 Å². The average molecular weight is 1110 g/mol. The molecule has 6 nitrogen and oxygen atoms in total. The largest absolute Gasteiger partial charge is 0.466 e. The van der Waals surface area contributed by atoms with Gasteiger partial charge in [0.2, 0.25) is 5.91 Å². The van der Waals surface area contributed by atoms with Crippen LogP contribution in [0, 0.1) is 0 Å². The van der Waals surface area contributed by atoms with Crippen LogP contribution in [0.15, 0.2) is 12.2 Å². The van der Waals surface area contributed by atoms with Gasteiger partial charge in [-0.25, -0.2) is 0 Å². The normalized spacial score (nSPS) is 12.5. The summed E-state index contributed by atoms with van der Waals surface area (Å²) in [7, 11) is 0. The smallest absolute Gasteiger partial charge is 0.305 e. The molecule has 3 N–H and O–H groups in total. The number of esters is 1. The van der Waals surface area contributed by atoms with Crippen molar-refractivity contribution in [3.63, 3.8) is 0 Å². The van der Waals surface area contributed by atoms with Crippen molar-refractivity contribution in [1.29, 1.82) is 0 Å². The summed E-state index contributed by atoms with van der Waals surface area (Å²) in [5.74, 6) is -0.0433. The molecule has 0 aromatic rings. The van der Waals surface area contributed by atoms with E-state index in [1.54, 1.807) is 6.08 Å². The number of rotatable bonds is 69. The van der Waals surface area contributed by atoms with E-state index in [1.165, 1.54) is 353 Å². The standard InChI is InChI=1S/C73H143NO5/c1-3-5-7-9-11-13-15-17-19-21-22-23-27-30-34-37-41-45-49-53-57-61-65-71(76)70(69-75)74-72(77)66-62-58-54-50-46-42-38-35-31-28-25-24-26-29-32-36-40-44-48-52-56-60-64-68-79-73(78)67-63-59-55-51-47-43-39-33-20-18-16-14-12-10-8-6-4-2/h61,65,70-71,75-76H,3-60,62-64,66-69H2,1-2H3,(H,74,77)/b65-61+. The molecule has 0 bridgehead atoms. The molecule has 6 heteroatoms. The third-order valence-corrected chi connectivity index (χ3v) is 17.3. The maximum Gasteiger partial charge on any atom is 0.305 e. The fourth-order valence-electron chi connectivity index (χ4n) is 11.8. The second kappa shape index (κ2) is 69.1. The number of amides is 1. The van der Waals surface area contributed by atoms with Crippen LogP contribution in [-0.2, 0) is 14.3 Å². The molecule has 0 aliphatic heterocycles. The van der Waals surface area contributed by atoms with Gasteiger partial charge in [0, 0.05) is 12.8 Å². The first-order valence-electron chi connectivity index (χ1n) is 36.5. The predicted molar refractivity (Wildman–Crippen MR) is 347 cm³/mol. The number of carbonyl (C=O) groups is 2. The minimum absolute atomic E-state index is 0.0191. The molecule has 470 valence electrons. The summed E-state index contributed by atoms with van der Waals surface area (Å²) in [6.45, 7) is 4.96. The van der Waals surface area contributed by atoms with Gasteiger partial charge in [0.05, 0.1) is 25.4 Å². The molecule has 2 atom stereocenters. The maximum absolute atomic E-state index is 12.5. The quantitative estimate of drug-likeness (QED) is 0.0320. The first-order valence-corrected chi connectivity index (χ1v) is 36.5. The monoisotopic (exact) mass is 1110 g/mol. The molecule has 0 aliphatic carbocycles. The molecule has 0 spiro atoms. The number of aliphatic hydroxyl groups excluding tert-OH is 2. The van der Waals surface area contributed by atoms with E-state index in [9.17, 15) is 19.8 Å². The van der Waals surface area contributed by atoms with Gasteiger partial charge in [0.1, 0.15) is 0 Å². The zero-order chi connectivity index (χ0) is 57.1. The number of carbonyl (C=O) groups excluding carboxylic acids is 2. The molecule has 2 unspecified atom stereocenters. The molecular formula is C73H143NO5. The fraction of sp³-hybridized carbons (Fsp3) is 0.945. The molecular weight excluding hydrogens is 971 g/mol. The summed E-state index contributed by atoms with van der Waals surface area (Å²) in [6.07, 6.45) is 85.8. The Bertz CT molecular complexity index is 1190. The van der Waals surface area contributed by atoms with E-state index in [-0.39, 0.29) is 18.5 Å². The summed E-state index contributed by atoms with van der Waals surface area (Å²) < 4.78 is 5.51. The summed E-state index contributed by atoms with van der Waals surface area (Å²) in [5.41, 5.74) is 0. The van der Waals surface area contributed by atoms with Gasteiger partial charge in [-0.1, -0.05) is 386 Å². The van der Waals surface area contributed by atoms with Crippen LogP contribution in [0.5, 0.6) is 0 Å². The van der Waals surface area contributed by atoms with Crippen LogP contribution in [0.1, 0.15) is 418 Å². The van der Waals surface area contributed by atoms with Gasteiger partial charge in [0.15, 0.2) is 0 Å². The highest BCUT2D eigenvalue weighted by molar-refractivity contribution is 5.76. The van der Waals surface area contributed by atoms with Crippen molar-refractivity contribution in [2.75, 3.05) is 13.2 Å². The molecule has 0 saturated carbocycles. The molecule has 0 rings (SSSR count). The van der Waals surface area contributed by atoms with Gasteiger partial charge in [-0.3, -0.25) is 9.59 Å². The van der Waals surface area contributed by atoms with E-state index in [2.05, 4.69) is 19.2 Å². The SMILES string of the molecule is CCCCCCCCCCCCCCCCCCCCCC/C=C/C(O)C(CO)NC(=O)CCCCCCCCCCCCCCCCCCCCCCCCCOC(=O)CCCCCCCCCCCCCCCCCCC. The van der Waals surface area contributed by atoms with Crippen LogP contribution >= 0.6 is 0 Å². The Morgan fingerprint density at radius 2 is 0.582 bits per heavy atom. The second-order valence-corrected chi connectivity index (χ2v) is 25.3. The predicted octanol–water partition coefficient (Wildman–Crippen LogP) is 23.5. The number of hydrogen-bond donors (Lipinski definition) is 3. The van der Waals surface area contributed by atoms with E-state index in [0.29, 0.717) is 19.4 Å². The van der Waals surface area contributed by atoms with Crippen molar-refractivity contribution in [1.82, 2.24) is 5.32 Å². The number of hydrogen-bond acceptors (Lipinski definition) is 5. The average Bonchev–Trinajstić information content (AvgIpc) is 3.45. The minimum Gasteiger partial charge on any atom is -0.466 e. The van der Waals surface area contributed by atoms with Gasteiger partial charge in [-0.05, 0) is 32.1 Å². The van der Waals surface area contributed by atoms with Crippen molar-refractivity contribution in [2.45, 2.75) is 431 Å². The van der Waals surface area contributed by atoms with Gasteiger partial charge in [-0.2, -0.15) is 0 Å². The van der Waals surface area contributed by atoms with Gasteiger partial charge in [0.25, 0.3) is 0 Å². The third-order valence-electron chi connectivity index (χ3n) is 17.3. The Hall–Kier alpha value is -1.40. The summed E-state index contributed by atoms with van der Waals surface area (Å²) in [4.78, 5) is 24.6. The summed E-state index contributed by atoms with van der Waals surface area (Å²) in [6, 6.07) is -0.628. The van der Waals surface area contributed by atoms with Crippen LogP contribution in [0.4, 0.5) is 0 Å². The topological polar surface area (TPSA) is 95.9 Å². The lowest BCUT2D eigenvalue weighted by Crippen LogP contribution is -2.45. The lowest BCUT2D eigenvalue weighted by Gasteiger charge is -2.20. The summed E-state index contributed by atoms with van der Waals surface area (Å²) in [5, 5.41) is 23.3. The molecule has 0 aromatic carbocycles. The van der Waals surface area contributed by atoms with E-state index in [4.69, 9.17) is 4.74 Å². The highest BCUT2D eigenvalue weighted by atomic mass is 16.5. The summed E-state index contributed by atoms with van der Waals surface area (Å²) >= 11 is 0. The highest BCUT2D eigenvalue weighted by Crippen LogP contribution is 2.19. The first kappa shape index (κ1) is 77.6. The van der Waals surface area contributed by atoms with E-state index < -0.39 is 12.1 Å². The van der Waals surface area contributed by atoms with Crippen molar-refractivity contribution >= 4 is 11.9 Å². The lowest BCUT2D eigenvalue weighted by atomic mass is 10.0. The zero-order valence-electron chi connectivity index (χ0n) is 53.9. The molecule has 0 heterocycles. The molecule has 0 aromatic heterocycles. The van der Waals surface area contributed by atoms with E-state index in [1.807, 2.05) is 6.08 Å². The van der Waals surface area contributed by atoms with Crippen molar-refractivity contribution in [3.8, 4) is 0 Å². The van der Waals surface area contributed by atoms with Crippen LogP contribution in [0.2, 0.25) is 0 Å². The molecule has 0 saturated heterocycles. The highest BCUT2D eigenvalue weighted by Gasteiger charge is 2.18. The van der Waals surface area contributed by atoms with Crippen LogP contribution in [0.3, 0.4) is 0 Å².